The number of nitrogens with zero attached hydrogens (tertiary/aromatic N) is 1. The van der Waals surface area contributed by atoms with Crippen LogP contribution in [0.15, 0.2) is 12.3 Å². The van der Waals surface area contributed by atoms with E-state index in [1.165, 1.54) is 12.3 Å². The molecule has 1 aromatic heterocycles. The summed E-state index contributed by atoms with van der Waals surface area (Å²) >= 11 is 0.582. The molecule has 0 unspecified atom stereocenters. The Kier molecular flexibility index (Phi) is 2.38. The maximum atomic E-state index is 12.2. The van der Waals surface area contributed by atoms with Gasteiger partial charge < -0.3 is 0 Å². The van der Waals surface area contributed by atoms with E-state index in [1.807, 2.05) is 0 Å². The lowest BCUT2D eigenvalue weighted by Crippen LogP contribution is -2.02. The number of rotatable bonds is 1. The van der Waals surface area contributed by atoms with Crippen molar-refractivity contribution in [3.63, 3.8) is 0 Å². The van der Waals surface area contributed by atoms with Gasteiger partial charge in [0.25, 0.3) is 0 Å². The Morgan fingerprint density at radius 2 is 2.07 bits per heavy atom. The van der Waals surface area contributed by atoms with E-state index in [9.17, 15) is 18.0 Å². The molecule has 1 aromatic rings. The number of thiazole rings is 1. The normalized spacial score (nSPS) is 17.0. The van der Waals surface area contributed by atoms with Gasteiger partial charge in [-0.15, -0.1) is 11.3 Å². The predicted molar refractivity (Wildman–Crippen MR) is 49.3 cm³/mol. The van der Waals surface area contributed by atoms with Crippen molar-refractivity contribution in [2.24, 2.45) is 0 Å². The molecular formula is C9H6F3NOS. The first-order valence-corrected chi connectivity index (χ1v) is 5.05. The summed E-state index contributed by atoms with van der Waals surface area (Å²) in [7, 11) is 0. The Labute approximate surface area is 87.4 Å². The van der Waals surface area contributed by atoms with Gasteiger partial charge in [-0.25, -0.2) is 4.98 Å². The molecule has 0 saturated carbocycles. The number of hydrogen-bond acceptors (Lipinski definition) is 3. The highest BCUT2D eigenvalue weighted by Gasteiger charge is 2.35. The second-order valence-corrected chi connectivity index (χ2v) is 4.19. The van der Waals surface area contributed by atoms with Crippen LogP contribution in [0.25, 0.3) is 5.57 Å². The molecule has 80 valence electrons. The Morgan fingerprint density at radius 1 is 1.33 bits per heavy atom. The van der Waals surface area contributed by atoms with Gasteiger partial charge in [0.15, 0.2) is 10.8 Å². The molecule has 0 amide bonds. The largest absolute Gasteiger partial charge is 0.443 e. The van der Waals surface area contributed by atoms with E-state index in [-0.39, 0.29) is 5.78 Å². The first-order chi connectivity index (χ1) is 6.97. The molecule has 0 fully saturated rings. The Bertz CT molecular complexity index is 433. The summed E-state index contributed by atoms with van der Waals surface area (Å²) < 4.78 is 36.7. The van der Waals surface area contributed by atoms with Crippen LogP contribution in [0, 0.1) is 0 Å². The predicted octanol–water partition coefficient (Wildman–Crippen LogP) is 2.91. The van der Waals surface area contributed by atoms with Gasteiger partial charge >= 0.3 is 6.18 Å². The fraction of sp³-hybridized carbons (Fsp3) is 0.333. The van der Waals surface area contributed by atoms with E-state index in [0.29, 0.717) is 34.6 Å². The van der Waals surface area contributed by atoms with Gasteiger partial charge in [0.1, 0.15) is 0 Å². The van der Waals surface area contributed by atoms with Crippen LogP contribution in [0.3, 0.4) is 0 Å². The second-order valence-electron chi connectivity index (χ2n) is 3.16. The monoisotopic (exact) mass is 233 g/mol. The van der Waals surface area contributed by atoms with Gasteiger partial charge in [0.2, 0.25) is 0 Å². The van der Waals surface area contributed by atoms with Crippen LogP contribution >= 0.6 is 11.3 Å². The van der Waals surface area contributed by atoms with E-state index >= 15 is 0 Å². The van der Waals surface area contributed by atoms with Gasteiger partial charge in [-0.2, -0.15) is 13.2 Å². The number of hydrogen-bond donors (Lipinski definition) is 0. The van der Waals surface area contributed by atoms with Gasteiger partial charge in [-0.1, -0.05) is 0 Å². The summed E-state index contributed by atoms with van der Waals surface area (Å²) in [4.78, 5) is 14.7. The average Bonchev–Trinajstić information content (AvgIpc) is 2.69. The molecule has 0 atom stereocenters. The van der Waals surface area contributed by atoms with E-state index in [0.717, 1.165) is 0 Å². The van der Waals surface area contributed by atoms with Crippen molar-refractivity contribution < 1.29 is 18.0 Å². The topological polar surface area (TPSA) is 30.0 Å². The number of ketones is 1. The highest BCUT2D eigenvalue weighted by Crippen LogP contribution is 2.36. The summed E-state index contributed by atoms with van der Waals surface area (Å²) in [6.07, 6.45) is -0.926. The van der Waals surface area contributed by atoms with Gasteiger partial charge in [0, 0.05) is 12.6 Å². The van der Waals surface area contributed by atoms with Crippen molar-refractivity contribution in [3.8, 4) is 0 Å². The Hall–Kier alpha value is -1.17. The summed E-state index contributed by atoms with van der Waals surface area (Å²) in [6.45, 7) is 0. The fourth-order valence-corrected chi connectivity index (χ4v) is 2.17. The maximum Gasteiger partial charge on any atom is 0.443 e. The standard InChI is InChI=1S/C9H6F3NOS/c10-9(11,12)8-13-4-7(15-8)5-1-2-6(14)3-5/h3-4H,1-2H2. The van der Waals surface area contributed by atoms with E-state index in [1.54, 1.807) is 0 Å². The Balaban J connectivity index is 2.28. The van der Waals surface area contributed by atoms with Gasteiger partial charge in [-0.3, -0.25) is 4.79 Å². The van der Waals surface area contributed by atoms with Crippen LogP contribution in [0.1, 0.15) is 22.7 Å². The van der Waals surface area contributed by atoms with Crippen LogP contribution in [0.4, 0.5) is 13.2 Å². The van der Waals surface area contributed by atoms with Gasteiger partial charge in [0.05, 0.1) is 4.88 Å². The minimum atomic E-state index is -4.40. The number of allylic oxidation sites excluding steroid dienone is 2. The quantitative estimate of drug-likeness (QED) is 0.746. The van der Waals surface area contributed by atoms with E-state index in [2.05, 4.69) is 4.98 Å². The summed E-state index contributed by atoms with van der Waals surface area (Å²) in [6, 6.07) is 0. The van der Waals surface area contributed by atoms with Crippen molar-refractivity contribution in [2.75, 3.05) is 0 Å². The molecule has 6 heteroatoms. The summed E-state index contributed by atoms with van der Waals surface area (Å²) in [5.74, 6) is -0.0352. The van der Waals surface area contributed by atoms with Crippen molar-refractivity contribution in [3.05, 3.63) is 22.2 Å². The number of alkyl halides is 3. The van der Waals surface area contributed by atoms with Crippen molar-refractivity contribution in [1.82, 2.24) is 4.98 Å². The molecule has 15 heavy (non-hydrogen) atoms. The molecular weight excluding hydrogens is 227 g/mol. The van der Waals surface area contributed by atoms with Crippen LogP contribution < -0.4 is 0 Å². The SMILES string of the molecule is O=C1C=C(c2cnc(C(F)(F)F)s2)CC1. The third-order valence-corrected chi connectivity index (χ3v) is 3.16. The highest BCUT2D eigenvalue weighted by atomic mass is 32.1. The lowest BCUT2D eigenvalue weighted by molar-refractivity contribution is -0.137. The molecule has 0 bridgehead atoms. The van der Waals surface area contributed by atoms with Crippen molar-refractivity contribution in [1.29, 1.82) is 0 Å². The van der Waals surface area contributed by atoms with E-state index < -0.39 is 11.2 Å². The minimum Gasteiger partial charge on any atom is -0.295 e. The summed E-state index contributed by atoms with van der Waals surface area (Å²) in [5.41, 5.74) is 0.660. The lowest BCUT2D eigenvalue weighted by Gasteiger charge is -1.99. The van der Waals surface area contributed by atoms with Crippen molar-refractivity contribution in [2.45, 2.75) is 19.0 Å². The van der Waals surface area contributed by atoms with E-state index in [4.69, 9.17) is 0 Å². The number of aromatic nitrogens is 1. The molecule has 0 aliphatic heterocycles. The zero-order chi connectivity index (χ0) is 11.1. The average molecular weight is 233 g/mol. The Morgan fingerprint density at radius 3 is 2.53 bits per heavy atom. The number of carbonyl (C=O) groups excluding carboxylic acids is 1. The smallest absolute Gasteiger partial charge is 0.295 e. The molecule has 0 radical (unpaired) electrons. The van der Waals surface area contributed by atoms with Crippen LogP contribution in [0.2, 0.25) is 0 Å². The number of halogens is 3. The lowest BCUT2D eigenvalue weighted by atomic mass is 10.2. The molecule has 0 N–H and O–H groups in total. The molecule has 0 spiro atoms. The molecule has 2 nitrogen and oxygen atoms in total. The fourth-order valence-electron chi connectivity index (χ4n) is 1.34. The van der Waals surface area contributed by atoms with Crippen LogP contribution in [-0.2, 0) is 11.0 Å². The first kappa shape index (κ1) is 10.4. The first-order valence-electron chi connectivity index (χ1n) is 4.23. The summed E-state index contributed by atoms with van der Waals surface area (Å²) in [5, 5.41) is -0.863. The highest BCUT2D eigenvalue weighted by molar-refractivity contribution is 7.12. The zero-order valence-electron chi connectivity index (χ0n) is 7.47. The minimum absolute atomic E-state index is 0.0352. The second kappa shape index (κ2) is 3.44. The molecule has 1 heterocycles. The molecule has 1 aliphatic carbocycles. The van der Waals surface area contributed by atoms with Gasteiger partial charge in [-0.05, 0) is 18.1 Å². The van der Waals surface area contributed by atoms with Crippen LogP contribution in [-0.4, -0.2) is 10.8 Å². The third kappa shape index (κ3) is 2.09. The third-order valence-electron chi connectivity index (χ3n) is 2.04. The maximum absolute atomic E-state index is 12.2. The molecule has 0 aromatic carbocycles. The molecule has 2 rings (SSSR count). The molecule has 0 saturated heterocycles. The molecule has 1 aliphatic rings. The van der Waals surface area contributed by atoms with Crippen LogP contribution in [0.5, 0.6) is 0 Å². The number of carbonyl (C=O) groups is 1. The van der Waals surface area contributed by atoms with Crippen molar-refractivity contribution >= 4 is 22.7 Å². The zero-order valence-corrected chi connectivity index (χ0v) is 8.28.